The van der Waals surface area contributed by atoms with Crippen molar-refractivity contribution in [2.75, 3.05) is 0 Å². The molecule has 0 bridgehead atoms. The molecule has 3 heterocycles. The fraction of sp³-hybridized carbons (Fsp3) is 0. The van der Waals surface area contributed by atoms with E-state index in [9.17, 15) is 14.7 Å². The van der Waals surface area contributed by atoms with Gasteiger partial charge in [-0.25, -0.2) is 4.79 Å². The van der Waals surface area contributed by atoms with Crippen LogP contribution in [0.4, 0.5) is 0 Å². The Morgan fingerprint density at radius 2 is 1.49 bits per heavy atom. The third-order valence-corrected chi connectivity index (χ3v) is 9.28. The molecule has 1 N–H and O–H groups in total. The monoisotopic (exact) mass is 678 g/mol. The summed E-state index contributed by atoms with van der Waals surface area (Å²) in [5.41, 5.74) is 2.25. The van der Waals surface area contributed by atoms with E-state index >= 15 is 0 Å². The van der Waals surface area contributed by atoms with Gasteiger partial charge in [-0.3, -0.25) is 4.79 Å². The van der Waals surface area contributed by atoms with Crippen LogP contribution in [0.25, 0.3) is 42.3 Å². The molecular weight excluding hydrogens is 664 g/mol. The highest BCUT2D eigenvalue weighted by atomic mass is 79.9. The highest BCUT2D eigenvalue weighted by molar-refractivity contribution is 9.10. The van der Waals surface area contributed by atoms with Gasteiger partial charge in [0.2, 0.25) is 5.43 Å². The number of benzene rings is 4. The summed E-state index contributed by atoms with van der Waals surface area (Å²) >= 11 is 9.87. The molecule has 5 nitrogen and oxygen atoms in total. The SMILES string of the molecule is O=C(O)c1ccccc1Sc1coc2ccc(Br)cc12.O=c1c2ccccc2sc2c1oc1ccc(Br)cc12. The first kappa shape index (κ1) is 25.9. The van der Waals surface area contributed by atoms with Crippen molar-refractivity contribution in [1.82, 2.24) is 0 Å². The van der Waals surface area contributed by atoms with Crippen molar-refractivity contribution in [2.45, 2.75) is 9.79 Å². The van der Waals surface area contributed by atoms with Gasteiger partial charge in [-0.15, -0.1) is 11.3 Å². The third kappa shape index (κ3) is 5.03. The van der Waals surface area contributed by atoms with Crippen LogP contribution in [0.3, 0.4) is 0 Å². The Morgan fingerprint density at radius 1 is 0.795 bits per heavy atom. The molecule has 39 heavy (non-hydrogen) atoms. The zero-order valence-corrected chi connectivity index (χ0v) is 24.6. The van der Waals surface area contributed by atoms with Crippen molar-refractivity contribution in [1.29, 1.82) is 0 Å². The summed E-state index contributed by atoms with van der Waals surface area (Å²) in [6, 6.07) is 26.1. The van der Waals surface area contributed by atoms with Crippen LogP contribution in [0, 0.1) is 0 Å². The molecule has 0 unspecified atom stereocenters. The Hall–Kier alpha value is -3.37. The van der Waals surface area contributed by atoms with Crippen molar-refractivity contribution in [2.24, 2.45) is 0 Å². The number of carbonyl (C=O) groups is 1. The summed E-state index contributed by atoms with van der Waals surface area (Å²) in [5, 5.41) is 11.9. The number of carboxylic acids is 1. The third-order valence-electron chi connectivity index (χ3n) is 5.99. The van der Waals surface area contributed by atoms with Crippen LogP contribution in [0.1, 0.15) is 10.4 Å². The molecule has 9 heteroatoms. The van der Waals surface area contributed by atoms with E-state index < -0.39 is 5.97 Å². The Balaban J connectivity index is 0.000000142. The first-order chi connectivity index (χ1) is 18.9. The summed E-state index contributed by atoms with van der Waals surface area (Å²) in [6.45, 7) is 0. The first-order valence-electron chi connectivity index (χ1n) is 11.6. The average Bonchev–Trinajstić information content (AvgIpc) is 3.50. The van der Waals surface area contributed by atoms with Crippen LogP contribution in [0.5, 0.6) is 0 Å². The predicted molar refractivity (Wildman–Crippen MR) is 165 cm³/mol. The van der Waals surface area contributed by atoms with Gasteiger partial charge in [0.1, 0.15) is 17.4 Å². The van der Waals surface area contributed by atoms with E-state index in [4.69, 9.17) is 8.83 Å². The van der Waals surface area contributed by atoms with Crippen LogP contribution in [-0.2, 0) is 0 Å². The number of carboxylic acid groups (broad SMARTS) is 1. The lowest BCUT2D eigenvalue weighted by Crippen LogP contribution is -1.98. The van der Waals surface area contributed by atoms with Crippen LogP contribution in [-0.4, -0.2) is 11.1 Å². The number of fused-ring (bicyclic) bond motifs is 5. The summed E-state index contributed by atoms with van der Waals surface area (Å²) in [4.78, 5) is 25.3. The summed E-state index contributed by atoms with van der Waals surface area (Å²) < 4.78 is 15.1. The topological polar surface area (TPSA) is 80.6 Å². The molecule has 0 atom stereocenters. The molecule has 0 spiro atoms. The van der Waals surface area contributed by atoms with Gasteiger partial charge in [-0.05, 0) is 60.7 Å². The lowest BCUT2D eigenvalue weighted by Gasteiger charge is -2.04. The highest BCUT2D eigenvalue weighted by Crippen LogP contribution is 2.38. The quantitative estimate of drug-likeness (QED) is 0.200. The summed E-state index contributed by atoms with van der Waals surface area (Å²) in [7, 11) is 0. The van der Waals surface area contributed by atoms with Crippen LogP contribution in [0.15, 0.2) is 124 Å². The van der Waals surface area contributed by atoms with Crippen molar-refractivity contribution in [3.63, 3.8) is 0 Å². The first-order valence-corrected chi connectivity index (χ1v) is 14.8. The smallest absolute Gasteiger partial charge is 0.336 e. The van der Waals surface area contributed by atoms with Crippen LogP contribution < -0.4 is 5.43 Å². The maximum Gasteiger partial charge on any atom is 0.336 e. The highest BCUT2D eigenvalue weighted by Gasteiger charge is 2.15. The predicted octanol–water partition coefficient (Wildman–Crippen LogP) is 9.97. The van der Waals surface area contributed by atoms with Crippen molar-refractivity contribution in [3.05, 3.63) is 116 Å². The molecule has 4 aromatic carbocycles. The second kappa shape index (κ2) is 10.7. The summed E-state index contributed by atoms with van der Waals surface area (Å²) in [6.07, 6.45) is 1.65. The van der Waals surface area contributed by atoms with Crippen LogP contribution >= 0.6 is 55.0 Å². The molecule has 0 aliphatic heterocycles. The Kier molecular flexibility index (Phi) is 7.07. The van der Waals surface area contributed by atoms with E-state index in [0.29, 0.717) is 16.0 Å². The average molecular weight is 680 g/mol. The zero-order chi connectivity index (χ0) is 27.1. The van der Waals surface area contributed by atoms with Gasteiger partial charge in [-0.1, -0.05) is 67.9 Å². The molecule has 0 saturated carbocycles. The van der Waals surface area contributed by atoms with Gasteiger partial charge in [0, 0.05) is 34.7 Å². The molecule has 0 saturated heterocycles. The zero-order valence-electron chi connectivity index (χ0n) is 19.8. The standard InChI is InChI=1S/C15H9BrO3S.C15H7BrO2S/c16-9-5-6-12-11(7-9)14(8-19-12)20-13-4-2-1-3-10(13)15(17)18;16-8-5-6-11-10(7-8)15-14(18-11)13(17)9-3-1-2-4-12(9)19-15/h1-8H,(H,17,18);1-7H. The molecule has 0 aliphatic carbocycles. The van der Waals surface area contributed by atoms with Crippen molar-refractivity contribution < 1.29 is 18.7 Å². The molecule has 0 aliphatic rings. The van der Waals surface area contributed by atoms with Gasteiger partial charge >= 0.3 is 5.97 Å². The molecule has 192 valence electrons. The van der Waals surface area contributed by atoms with Gasteiger partial charge in [0.05, 0.1) is 15.2 Å². The minimum atomic E-state index is -0.929. The fourth-order valence-electron chi connectivity index (χ4n) is 4.18. The number of hydrogen-bond acceptors (Lipinski definition) is 6. The van der Waals surface area contributed by atoms with Crippen LogP contribution in [0.2, 0.25) is 0 Å². The van der Waals surface area contributed by atoms with Crippen molar-refractivity contribution in [3.8, 4) is 0 Å². The largest absolute Gasteiger partial charge is 0.478 e. The number of furan rings is 2. The van der Waals surface area contributed by atoms with Gasteiger partial charge in [0.25, 0.3) is 0 Å². The minimum Gasteiger partial charge on any atom is -0.478 e. The molecule has 7 aromatic rings. The van der Waals surface area contributed by atoms with Gasteiger partial charge in [-0.2, -0.15) is 0 Å². The van der Waals surface area contributed by atoms with E-state index in [0.717, 1.165) is 50.6 Å². The molecule has 0 fully saturated rings. The Labute approximate surface area is 246 Å². The Bertz CT molecular complexity index is 2090. The normalized spacial score (nSPS) is 11.2. The summed E-state index contributed by atoms with van der Waals surface area (Å²) in [5.74, 6) is -0.929. The number of halogens is 2. The molecule has 7 rings (SSSR count). The van der Waals surface area contributed by atoms with E-state index in [-0.39, 0.29) is 5.43 Å². The minimum absolute atomic E-state index is 0.0309. The number of rotatable bonds is 3. The van der Waals surface area contributed by atoms with Crippen molar-refractivity contribution >= 4 is 103 Å². The maximum atomic E-state index is 12.4. The second-order valence-corrected chi connectivity index (χ2v) is 12.4. The van der Waals surface area contributed by atoms with Gasteiger partial charge < -0.3 is 13.9 Å². The Morgan fingerprint density at radius 3 is 2.28 bits per heavy atom. The molecule has 3 aromatic heterocycles. The fourth-order valence-corrected chi connectivity index (χ4v) is 7.05. The maximum absolute atomic E-state index is 12.4. The van der Waals surface area contributed by atoms with E-state index in [1.807, 2.05) is 66.7 Å². The lowest BCUT2D eigenvalue weighted by molar-refractivity contribution is 0.0693. The van der Waals surface area contributed by atoms with E-state index in [1.165, 1.54) is 11.8 Å². The number of aromatic carboxylic acids is 1. The second-order valence-electron chi connectivity index (χ2n) is 8.47. The number of hydrogen-bond donors (Lipinski definition) is 1. The van der Waals surface area contributed by atoms with E-state index in [1.54, 1.807) is 35.8 Å². The van der Waals surface area contributed by atoms with Gasteiger partial charge in [0.15, 0.2) is 5.58 Å². The molecule has 0 amide bonds. The van der Waals surface area contributed by atoms with E-state index in [2.05, 4.69) is 31.9 Å². The molecular formula is C30H16Br2O5S2. The lowest BCUT2D eigenvalue weighted by atomic mass is 10.2. The molecule has 0 radical (unpaired) electrons.